The van der Waals surface area contributed by atoms with Gasteiger partial charge in [-0.15, -0.1) is 0 Å². The molecule has 0 aliphatic carbocycles. The molecule has 0 radical (unpaired) electrons. The van der Waals surface area contributed by atoms with E-state index in [0.717, 1.165) is 10.2 Å². The lowest BCUT2D eigenvalue weighted by Gasteiger charge is -2.49. The van der Waals surface area contributed by atoms with Crippen LogP contribution in [0.15, 0.2) is 22.7 Å². The lowest BCUT2D eigenvalue weighted by atomic mass is 10.1. The summed E-state index contributed by atoms with van der Waals surface area (Å²) >= 11 is 3.39. The molecule has 1 fully saturated rings. The summed E-state index contributed by atoms with van der Waals surface area (Å²) in [4.78, 5) is 12.9. The number of carboxylic acids is 1. The van der Waals surface area contributed by atoms with Gasteiger partial charge in [0.25, 0.3) is 0 Å². The van der Waals surface area contributed by atoms with Crippen LogP contribution in [0.4, 0.5) is 5.69 Å². The Morgan fingerprint density at radius 1 is 1.39 bits per heavy atom. The van der Waals surface area contributed by atoms with E-state index >= 15 is 0 Å². The third-order valence-corrected chi connectivity index (χ3v) is 3.78. The van der Waals surface area contributed by atoms with Gasteiger partial charge in [-0.1, -0.05) is 0 Å². The number of nitrogens with zero attached hydrogens (tertiary/aromatic N) is 1. The first-order valence-electron chi connectivity index (χ1n) is 5.39. The molecule has 1 aliphatic rings. The summed E-state index contributed by atoms with van der Waals surface area (Å²) in [6.07, 6.45) is 0. The molecular formula is C12H14BrNO4. The zero-order valence-corrected chi connectivity index (χ0v) is 11.7. The van der Waals surface area contributed by atoms with Gasteiger partial charge in [0.1, 0.15) is 0 Å². The number of rotatable bonds is 4. The number of carboxylic acid groups (broad SMARTS) is 1. The van der Waals surface area contributed by atoms with E-state index in [0.29, 0.717) is 13.1 Å². The van der Waals surface area contributed by atoms with E-state index < -0.39 is 11.8 Å². The highest BCUT2D eigenvalue weighted by Gasteiger charge is 2.44. The van der Waals surface area contributed by atoms with E-state index in [1.807, 2.05) is 0 Å². The first kappa shape index (κ1) is 13.3. The monoisotopic (exact) mass is 315 g/mol. The van der Waals surface area contributed by atoms with Crippen LogP contribution in [0.3, 0.4) is 0 Å². The maximum absolute atomic E-state index is 10.8. The van der Waals surface area contributed by atoms with Crippen molar-refractivity contribution in [1.82, 2.24) is 0 Å². The van der Waals surface area contributed by atoms with E-state index in [1.165, 1.54) is 0 Å². The van der Waals surface area contributed by atoms with Gasteiger partial charge in [0.15, 0.2) is 0 Å². The molecule has 5 nitrogen and oxygen atoms in total. The third kappa shape index (κ3) is 2.23. The highest BCUT2D eigenvalue weighted by molar-refractivity contribution is 9.10. The van der Waals surface area contributed by atoms with E-state index in [2.05, 4.69) is 20.8 Å². The van der Waals surface area contributed by atoms with Gasteiger partial charge in [-0.3, -0.25) is 0 Å². The second kappa shape index (κ2) is 4.87. The van der Waals surface area contributed by atoms with Crippen molar-refractivity contribution in [3.05, 3.63) is 28.2 Å². The molecule has 0 spiro atoms. The molecule has 18 heavy (non-hydrogen) atoms. The molecule has 1 N–H and O–H groups in total. The summed E-state index contributed by atoms with van der Waals surface area (Å²) in [6, 6.07) is 4.96. The normalized spacial score (nSPS) is 17.4. The largest absolute Gasteiger partial charge is 0.478 e. The highest BCUT2D eigenvalue weighted by Crippen LogP contribution is 2.35. The van der Waals surface area contributed by atoms with Gasteiger partial charge in [0.2, 0.25) is 5.79 Å². The van der Waals surface area contributed by atoms with Crippen molar-refractivity contribution in [3.63, 3.8) is 0 Å². The van der Waals surface area contributed by atoms with E-state index in [9.17, 15) is 4.79 Å². The summed E-state index contributed by atoms with van der Waals surface area (Å²) in [5.74, 6) is -1.49. The summed E-state index contributed by atoms with van der Waals surface area (Å²) in [7, 11) is 3.23. The third-order valence-electron chi connectivity index (χ3n) is 3.14. The minimum Gasteiger partial charge on any atom is -0.478 e. The molecule has 1 aromatic rings. The van der Waals surface area contributed by atoms with Gasteiger partial charge in [0, 0.05) is 18.7 Å². The maximum atomic E-state index is 10.8. The van der Waals surface area contributed by atoms with Crippen LogP contribution in [0.25, 0.3) is 0 Å². The zero-order chi connectivity index (χ0) is 13.3. The SMILES string of the molecule is COC1(OC)CN(c2ccc(C(=O)O)cc2Br)C1. The van der Waals surface area contributed by atoms with E-state index in [1.54, 1.807) is 32.4 Å². The minimum atomic E-state index is -0.936. The fourth-order valence-corrected chi connectivity index (χ4v) is 2.57. The summed E-state index contributed by atoms with van der Waals surface area (Å²) in [5.41, 5.74) is 1.20. The van der Waals surface area contributed by atoms with Crippen molar-refractivity contribution in [1.29, 1.82) is 0 Å². The molecule has 98 valence electrons. The van der Waals surface area contributed by atoms with Gasteiger partial charge in [-0.25, -0.2) is 4.79 Å². The van der Waals surface area contributed by atoms with Crippen LogP contribution in [0, 0.1) is 0 Å². The molecule has 0 saturated carbocycles. The predicted octanol–water partition coefficient (Wildman–Crippen LogP) is 1.96. The molecule has 6 heteroatoms. The molecule has 0 bridgehead atoms. The summed E-state index contributed by atoms with van der Waals surface area (Å²) < 4.78 is 11.4. The molecule has 0 amide bonds. The van der Waals surface area contributed by atoms with Crippen LogP contribution in [-0.2, 0) is 9.47 Å². The van der Waals surface area contributed by atoms with Gasteiger partial charge in [0.05, 0.1) is 24.3 Å². The molecule has 1 aliphatic heterocycles. The van der Waals surface area contributed by atoms with Gasteiger partial charge >= 0.3 is 5.97 Å². The van der Waals surface area contributed by atoms with Crippen molar-refractivity contribution < 1.29 is 19.4 Å². The Balaban J connectivity index is 2.15. The lowest BCUT2D eigenvalue weighted by Crippen LogP contribution is -2.64. The van der Waals surface area contributed by atoms with Crippen LogP contribution in [0.1, 0.15) is 10.4 Å². The Bertz CT molecular complexity index is 465. The second-order valence-corrected chi connectivity index (χ2v) is 5.00. The Morgan fingerprint density at radius 2 is 2.00 bits per heavy atom. The number of aromatic carboxylic acids is 1. The smallest absolute Gasteiger partial charge is 0.335 e. The Kier molecular flexibility index (Phi) is 3.61. The van der Waals surface area contributed by atoms with Gasteiger partial charge < -0.3 is 19.5 Å². The Morgan fingerprint density at radius 3 is 2.44 bits per heavy atom. The zero-order valence-electron chi connectivity index (χ0n) is 10.1. The van der Waals surface area contributed by atoms with E-state index in [4.69, 9.17) is 14.6 Å². The number of carbonyl (C=O) groups is 1. The maximum Gasteiger partial charge on any atom is 0.335 e. The van der Waals surface area contributed by atoms with Crippen LogP contribution in [-0.4, -0.2) is 44.2 Å². The van der Waals surface area contributed by atoms with E-state index in [-0.39, 0.29) is 5.56 Å². The lowest BCUT2D eigenvalue weighted by molar-refractivity contribution is -0.219. The fraction of sp³-hybridized carbons (Fsp3) is 0.417. The average Bonchev–Trinajstić information content (AvgIpc) is 2.30. The van der Waals surface area contributed by atoms with Crippen LogP contribution < -0.4 is 4.90 Å². The number of methoxy groups -OCH3 is 2. The number of hydrogen-bond acceptors (Lipinski definition) is 4. The van der Waals surface area contributed by atoms with Gasteiger partial charge in [-0.2, -0.15) is 0 Å². The van der Waals surface area contributed by atoms with Gasteiger partial charge in [-0.05, 0) is 34.1 Å². The predicted molar refractivity (Wildman–Crippen MR) is 70.1 cm³/mol. The first-order chi connectivity index (χ1) is 8.51. The van der Waals surface area contributed by atoms with Crippen LogP contribution in [0.5, 0.6) is 0 Å². The number of ether oxygens (including phenoxy) is 2. The van der Waals surface area contributed by atoms with Crippen molar-refractivity contribution in [3.8, 4) is 0 Å². The molecule has 1 saturated heterocycles. The number of halogens is 1. The molecule has 1 aromatic carbocycles. The summed E-state index contributed by atoms with van der Waals surface area (Å²) in [6.45, 7) is 1.23. The van der Waals surface area contributed by atoms with Crippen LogP contribution >= 0.6 is 15.9 Å². The Hall–Kier alpha value is -1.11. The molecule has 0 aromatic heterocycles. The quantitative estimate of drug-likeness (QED) is 0.861. The number of hydrogen-bond donors (Lipinski definition) is 1. The fourth-order valence-electron chi connectivity index (χ4n) is 1.94. The highest BCUT2D eigenvalue weighted by atomic mass is 79.9. The molecule has 0 atom stereocenters. The molecule has 2 rings (SSSR count). The minimum absolute atomic E-state index is 0.260. The number of anilines is 1. The number of benzene rings is 1. The van der Waals surface area contributed by atoms with Crippen molar-refractivity contribution in [2.45, 2.75) is 5.79 Å². The Labute approximate surface area is 113 Å². The topological polar surface area (TPSA) is 59.0 Å². The van der Waals surface area contributed by atoms with Crippen molar-refractivity contribution in [2.24, 2.45) is 0 Å². The average molecular weight is 316 g/mol. The summed E-state index contributed by atoms with van der Waals surface area (Å²) in [5, 5.41) is 8.89. The molecule has 0 unspecified atom stereocenters. The van der Waals surface area contributed by atoms with Crippen LogP contribution in [0.2, 0.25) is 0 Å². The first-order valence-corrected chi connectivity index (χ1v) is 6.19. The standard InChI is InChI=1S/C12H14BrNO4/c1-17-12(18-2)6-14(7-12)10-4-3-8(11(15)16)5-9(10)13/h3-5H,6-7H2,1-2H3,(H,15,16). The molecule has 1 heterocycles. The van der Waals surface area contributed by atoms with Crippen molar-refractivity contribution in [2.75, 3.05) is 32.2 Å². The van der Waals surface area contributed by atoms with Crippen molar-refractivity contribution >= 4 is 27.6 Å². The second-order valence-electron chi connectivity index (χ2n) is 4.15. The molecular weight excluding hydrogens is 302 g/mol.